The van der Waals surface area contributed by atoms with Gasteiger partial charge in [-0.15, -0.1) is 0 Å². The molecule has 1 rings (SSSR count). The smallest absolute Gasteiger partial charge is 0.289 e. The summed E-state index contributed by atoms with van der Waals surface area (Å²) in [4.78, 5) is 18.5. The number of nitrogens with one attached hydrogen (secondary N) is 1. The Morgan fingerprint density at radius 3 is 2.75 bits per heavy atom. The first-order valence-corrected chi connectivity index (χ1v) is 3.50. The zero-order chi connectivity index (χ0) is 8.81. The molecule has 0 aromatic carbocycles. The first-order valence-electron chi connectivity index (χ1n) is 3.50. The van der Waals surface area contributed by atoms with Gasteiger partial charge in [0.2, 0.25) is 5.82 Å². The molecule has 1 aromatic heterocycles. The van der Waals surface area contributed by atoms with E-state index >= 15 is 0 Å². The van der Waals surface area contributed by atoms with Crippen LogP contribution in [0.15, 0.2) is 18.5 Å². The summed E-state index contributed by atoms with van der Waals surface area (Å²) in [5, 5.41) is 10.8. The van der Waals surface area contributed by atoms with Crippen LogP contribution in [0.5, 0.6) is 0 Å². The number of hydrogen-bond acceptors (Lipinski definition) is 4. The van der Waals surface area contributed by atoms with E-state index in [1.54, 1.807) is 6.07 Å². The number of rotatable bonds is 3. The third-order valence-electron chi connectivity index (χ3n) is 1.17. The number of amides is 1. The van der Waals surface area contributed by atoms with Crippen LogP contribution in [0.3, 0.4) is 0 Å². The Morgan fingerprint density at radius 2 is 2.17 bits per heavy atom. The average molecular weight is 167 g/mol. The molecular formula is C7H9N3O2. The molecule has 0 saturated carbocycles. The molecule has 0 fully saturated rings. The molecule has 0 radical (unpaired) electrons. The Balaban J connectivity index is 2.54. The fourth-order valence-corrected chi connectivity index (χ4v) is 0.665. The van der Waals surface area contributed by atoms with Gasteiger partial charge in [-0.2, -0.15) is 0 Å². The fraction of sp³-hybridized carbons (Fsp3) is 0.286. The molecule has 5 heteroatoms. The van der Waals surface area contributed by atoms with E-state index in [0.29, 0.717) is 0 Å². The van der Waals surface area contributed by atoms with Crippen LogP contribution >= 0.6 is 0 Å². The number of aliphatic hydroxyl groups excluding tert-OH is 1. The Labute approximate surface area is 69.5 Å². The molecule has 64 valence electrons. The van der Waals surface area contributed by atoms with Crippen LogP contribution in [-0.2, 0) is 0 Å². The summed E-state index contributed by atoms with van der Waals surface area (Å²) in [5.74, 6) is -0.254. The van der Waals surface area contributed by atoms with Crippen molar-refractivity contribution in [3.63, 3.8) is 0 Å². The molecule has 0 spiro atoms. The van der Waals surface area contributed by atoms with Gasteiger partial charge in [0, 0.05) is 18.9 Å². The standard InChI is InChI=1S/C7H9N3O2/c11-5-4-10-7(12)6-8-2-1-3-9-6/h1-3,11H,4-5H2,(H,10,12). The van der Waals surface area contributed by atoms with Crippen molar-refractivity contribution in [1.82, 2.24) is 15.3 Å². The molecular weight excluding hydrogens is 158 g/mol. The van der Waals surface area contributed by atoms with Gasteiger partial charge in [0.05, 0.1) is 6.61 Å². The first kappa shape index (κ1) is 8.61. The van der Waals surface area contributed by atoms with Gasteiger partial charge in [-0.1, -0.05) is 0 Å². The van der Waals surface area contributed by atoms with Crippen molar-refractivity contribution in [2.24, 2.45) is 0 Å². The second kappa shape index (κ2) is 4.40. The molecule has 1 amide bonds. The minimum Gasteiger partial charge on any atom is -0.395 e. The number of carbonyl (C=O) groups is 1. The third kappa shape index (κ3) is 2.28. The summed E-state index contributed by atoms with van der Waals surface area (Å²) >= 11 is 0. The lowest BCUT2D eigenvalue weighted by molar-refractivity contribution is 0.0934. The minimum absolute atomic E-state index is 0.0847. The van der Waals surface area contributed by atoms with Gasteiger partial charge in [-0.3, -0.25) is 4.79 Å². The molecule has 12 heavy (non-hydrogen) atoms. The molecule has 0 unspecified atom stereocenters. The van der Waals surface area contributed by atoms with Gasteiger partial charge >= 0.3 is 0 Å². The fourth-order valence-electron chi connectivity index (χ4n) is 0.665. The van der Waals surface area contributed by atoms with Crippen LogP contribution in [0.25, 0.3) is 0 Å². The Hall–Kier alpha value is -1.49. The quantitative estimate of drug-likeness (QED) is 0.618. The zero-order valence-corrected chi connectivity index (χ0v) is 6.40. The second-order valence-electron chi connectivity index (χ2n) is 2.05. The van der Waals surface area contributed by atoms with Crippen LogP contribution in [0, 0.1) is 0 Å². The lowest BCUT2D eigenvalue weighted by Crippen LogP contribution is -2.27. The number of aromatic nitrogens is 2. The molecule has 5 nitrogen and oxygen atoms in total. The Kier molecular flexibility index (Phi) is 3.16. The second-order valence-corrected chi connectivity index (χ2v) is 2.05. The molecule has 0 atom stereocenters. The van der Waals surface area contributed by atoms with Crippen LogP contribution in [0.4, 0.5) is 0 Å². The van der Waals surface area contributed by atoms with Crippen molar-refractivity contribution in [1.29, 1.82) is 0 Å². The van der Waals surface area contributed by atoms with E-state index in [1.165, 1.54) is 12.4 Å². The summed E-state index contributed by atoms with van der Waals surface area (Å²) < 4.78 is 0. The van der Waals surface area contributed by atoms with Gasteiger partial charge in [0.15, 0.2) is 0 Å². The number of aliphatic hydroxyl groups is 1. The largest absolute Gasteiger partial charge is 0.395 e. The van der Waals surface area contributed by atoms with Crippen molar-refractivity contribution in [2.75, 3.05) is 13.2 Å². The summed E-state index contributed by atoms with van der Waals surface area (Å²) in [6.07, 6.45) is 2.97. The van der Waals surface area contributed by atoms with Crippen molar-refractivity contribution in [3.05, 3.63) is 24.3 Å². The molecule has 2 N–H and O–H groups in total. The van der Waals surface area contributed by atoms with E-state index in [9.17, 15) is 4.79 Å². The highest BCUT2D eigenvalue weighted by molar-refractivity contribution is 5.90. The molecule has 1 aromatic rings. The molecule has 0 saturated heterocycles. The van der Waals surface area contributed by atoms with Crippen molar-refractivity contribution >= 4 is 5.91 Å². The van der Waals surface area contributed by atoms with Gasteiger partial charge in [0.1, 0.15) is 0 Å². The van der Waals surface area contributed by atoms with Crippen molar-refractivity contribution in [3.8, 4) is 0 Å². The lowest BCUT2D eigenvalue weighted by atomic mass is 10.5. The van der Waals surface area contributed by atoms with Gasteiger partial charge in [-0.25, -0.2) is 9.97 Å². The Bertz CT molecular complexity index is 250. The molecule has 1 heterocycles. The summed E-state index contributed by atoms with van der Waals surface area (Å²) in [6.45, 7) is 0.135. The molecule has 0 aliphatic carbocycles. The number of hydrogen-bond donors (Lipinski definition) is 2. The first-order chi connectivity index (χ1) is 5.84. The number of nitrogens with zero attached hydrogens (tertiary/aromatic N) is 2. The maximum absolute atomic E-state index is 11.1. The lowest BCUT2D eigenvalue weighted by Gasteiger charge is -1.99. The van der Waals surface area contributed by atoms with Gasteiger partial charge in [0.25, 0.3) is 5.91 Å². The summed E-state index contributed by atoms with van der Waals surface area (Å²) in [6, 6.07) is 1.63. The highest BCUT2D eigenvalue weighted by Crippen LogP contribution is 1.85. The van der Waals surface area contributed by atoms with Gasteiger partial charge in [-0.05, 0) is 6.07 Å². The highest BCUT2D eigenvalue weighted by atomic mass is 16.3. The predicted octanol–water partition coefficient (Wildman–Crippen LogP) is -0.801. The Morgan fingerprint density at radius 1 is 1.50 bits per heavy atom. The monoisotopic (exact) mass is 167 g/mol. The predicted molar refractivity (Wildman–Crippen MR) is 41.5 cm³/mol. The van der Waals surface area contributed by atoms with E-state index < -0.39 is 0 Å². The normalized spacial score (nSPS) is 9.42. The van der Waals surface area contributed by atoms with Crippen LogP contribution in [0.2, 0.25) is 0 Å². The van der Waals surface area contributed by atoms with E-state index in [0.717, 1.165) is 0 Å². The molecule has 0 bridgehead atoms. The highest BCUT2D eigenvalue weighted by Gasteiger charge is 2.05. The van der Waals surface area contributed by atoms with Crippen LogP contribution in [0.1, 0.15) is 10.6 Å². The zero-order valence-electron chi connectivity index (χ0n) is 6.40. The minimum atomic E-state index is -0.371. The van der Waals surface area contributed by atoms with Crippen LogP contribution < -0.4 is 5.32 Å². The van der Waals surface area contributed by atoms with E-state index in [2.05, 4.69) is 15.3 Å². The summed E-state index contributed by atoms with van der Waals surface area (Å²) in [7, 11) is 0. The maximum Gasteiger partial charge on any atom is 0.289 e. The van der Waals surface area contributed by atoms with E-state index in [1.807, 2.05) is 0 Å². The van der Waals surface area contributed by atoms with Crippen molar-refractivity contribution < 1.29 is 9.90 Å². The maximum atomic E-state index is 11.1. The van der Waals surface area contributed by atoms with E-state index in [-0.39, 0.29) is 24.9 Å². The molecule has 0 aliphatic heterocycles. The summed E-state index contributed by atoms with van der Waals surface area (Å²) in [5.41, 5.74) is 0. The molecule has 0 aliphatic rings. The number of carbonyl (C=O) groups excluding carboxylic acids is 1. The SMILES string of the molecule is O=C(NCCO)c1ncccn1. The van der Waals surface area contributed by atoms with E-state index in [4.69, 9.17) is 5.11 Å². The average Bonchev–Trinajstić information content (AvgIpc) is 2.15. The topological polar surface area (TPSA) is 75.1 Å². The van der Waals surface area contributed by atoms with Crippen molar-refractivity contribution in [2.45, 2.75) is 0 Å². The van der Waals surface area contributed by atoms with Gasteiger partial charge < -0.3 is 10.4 Å². The third-order valence-corrected chi connectivity index (χ3v) is 1.17. The van der Waals surface area contributed by atoms with Crippen LogP contribution in [-0.4, -0.2) is 34.1 Å².